The van der Waals surface area contributed by atoms with Crippen LogP contribution in [0.4, 0.5) is 0 Å². The van der Waals surface area contributed by atoms with Crippen molar-refractivity contribution in [2.75, 3.05) is 26.1 Å². The highest BCUT2D eigenvalue weighted by Crippen LogP contribution is 1.99. The fraction of sp³-hybridized carbons (Fsp3) is 0.778. The van der Waals surface area contributed by atoms with Crippen molar-refractivity contribution in [3.63, 3.8) is 0 Å². The van der Waals surface area contributed by atoms with Gasteiger partial charge in [-0.2, -0.15) is 0 Å². The highest BCUT2D eigenvalue weighted by molar-refractivity contribution is 7.89. The zero-order valence-corrected chi connectivity index (χ0v) is 11.0. The van der Waals surface area contributed by atoms with E-state index in [4.69, 9.17) is 9.84 Å². The summed E-state index contributed by atoms with van der Waals surface area (Å²) in [5.41, 5.74) is 0. The van der Waals surface area contributed by atoms with Crippen LogP contribution in [0.1, 0.15) is 13.3 Å². The second-order valence-electron chi connectivity index (χ2n) is 3.30. The Morgan fingerprint density at radius 2 is 2.00 bits per heavy atom. The minimum atomic E-state index is -3.82. The van der Waals surface area contributed by atoms with Gasteiger partial charge in [-0.3, -0.25) is 9.59 Å². The minimum Gasteiger partial charge on any atom is -0.480 e. The topological polar surface area (TPSA) is 119 Å². The predicted molar refractivity (Wildman–Crippen MR) is 61.5 cm³/mol. The lowest BCUT2D eigenvalue weighted by molar-refractivity contribution is -0.147. The van der Waals surface area contributed by atoms with E-state index in [1.807, 2.05) is 4.72 Å². The first kappa shape index (κ1) is 16.8. The Morgan fingerprint density at radius 1 is 1.39 bits per heavy atom. The largest absolute Gasteiger partial charge is 0.480 e. The molecule has 0 aliphatic rings. The van der Waals surface area contributed by atoms with Crippen LogP contribution >= 0.6 is 0 Å². The fourth-order valence-electron chi connectivity index (χ4n) is 1.02. The lowest BCUT2D eigenvalue weighted by Crippen LogP contribution is -2.43. The molecular weight excluding hydrogens is 266 g/mol. The number of carboxylic acids is 1. The molecule has 9 heteroatoms. The van der Waals surface area contributed by atoms with Crippen LogP contribution in [0, 0.1) is 0 Å². The second kappa shape index (κ2) is 8.01. The molecule has 0 radical (unpaired) electrons. The highest BCUT2D eigenvalue weighted by Gasteiger charge is 2.26. The number of ether oxygens (including phenoxy) is 2. The van der Waals surface area contributed by atoms with Crippen LogP contribution in [0.3, 0.4) is 0 Å². The van der Waals surface area contributed by atoms with Gasteiger partial charge in [0.2, 0.25) is 10.0 Å². The molecule has 0 rings (SSSR count). The van der Waals surface area contributed by atoms with Crippen LogP contribution in [0.5, 0.6) is 0 Å². The van der Waals surface area contributed by atoms with E-state index in [9.17, 15) is 18.0 Å². The van der Waals surface area contributed by atoms with E-state index >= 15 is 0 Å². The molecule has 2 N–H and O–H groups in total. The average molecular weight is 283 g/mol. The Kier molecular flexibility index (Phi) is 7.48. The van der Waals surface area contributed by atoms with Crippen LogP contribution < -0.4 is 4.72 Å². The van der Waals surface area contributed by atoms with E-state index in [1.54, 1.807) is 6.92 Å². The Bertz CT molecular complexity index is 378. The molecule has 0 bridgehead atoms. The van der Waals surface area contributed by atoms with Crippen LogP contribution in [0.25, 0.3) is 0 Å². The van der Waals surface area contributed by atoms with E-state index in [0.29, 0.717) is 6.61 Å². The van der Waals surface area contributed by atoms with Crippen LogP contribution in [-0.4, -0.2) is 57.6 Å². The summed E-state index contributed by atoms with van der Waals surface area (Å²) in [7, 11) is -2.73. The third kappa shape index (κ3) is 7.20. The lowest BCUT2D eigenvalue weighted by atomic mass is 10.2. The van der Waals surface area contributed by atoms with Crippen molar-refractivity contribution in [2.24, 2.45) is 0 Å². The number of carbonyl (C=O) groups is 2. The number of esters is 1. The number of sulfonamides is 1. The zero-order chi connectivity index (χ0) is 14.2. The first-order valence-electron chi connectivity index (χ1n) is 5.19. The molecule has 0 saturated carbocycles. The molecule has 0 unspecified atom stereocenters. The normalized spacial score (nSPS) is 13.0. The Labute approximate surface area is 105 Å². The number of methoxy groups -OCH3 is 1. The molecule has 0 amide bonds. The Hall–Kier alpha value is -1.19. The lowest BCUT2D eigenvalue weighted by Gasteiger charge is -2.13. The molecule has 0 aromatic carbocycles. The van der Waals surface area contributed by atoms with Crippen LogP contribution in [0.2, 0.25) is 0 Å². The van der Waals surface area contributed by atoms with Gasteiger partial charge in [0.25, 0.3) is 0 Å². The molecular formula is C9H17NO7S. The van der Waals surface area contributed by atoms with Crippen molar-refractivity contribution in [3.8, 4) is 0 Å². The molecule has 0 aromatic rings. The molecule has 0 aliphatic carbocycles. The third-order valence-corrected chi connectivity index (χ3v) is 3.27. The highest BCUT2D eigenvalue weighted by atomic mass is 32.2. The summed E-state index contributed by atoms with van der Waals surface area (Å²) in [5.74, 6) is -2.62. The molecule has 18 heavy (non-hydrogen) atoms. The fourth-order valence-corrected chi connectivity index (χ4v) is 2.09. The predicted octanol–water partition coefficient (Wildman–Crippen LogP) is -1.04. The van der Waals surface area contributed by atoms with Gasteiger partial charge in [0.1, 0.15) is 6.04 Å². The van der Waals surface area contributed by atoms with Gasteiger partial charge in [0, 0.05) is 6.61 Å². The maximum absolute atomic E-state index is 11.5. The van der Waals surface area contributed by atoms with Crippen molar-refractivity contribution in [2.45, 2.75) is 19.4 Å². The number of carbonyl (C=O) groups excluding carboxylic acids is 1. The summed E-state index contributed by atoms with van der Waals surface area (Å²) in [6.07, 6.45) is -0.570. The molecule has 0 saturated heterocycles. The number of aliphatic carboxylic acids is 1. The molecule has 0 heterocycles. The minimum absolute atomic E-state index is 0.0452. The molecule has 0 aromatic heterocycles. The number of nitrogens with one attached hydrogen (secondary N) is 1. The van der Waals surface area contributed by atoms with Gasteiger partial charge in [0.15, 0.2) is 0 Å². The van der Waals surface area contributed by atoms with Gasteiger partial charge in [-0.15, -0.1) is 0 Å². The summed E-state index contributed by atoms with van der Waals surface area (Å²) in [4.78, 5) is 21.7. The molecule has 106 valence electrons. The molecule has 0 fully saturated rings. The number of rotatable bonds is 9. The third-order valence-electron chi connectivity index (χ3n) is 1.92. The maximum Gasteiger partial charge on any atom is 0.322 e. The quantitative estimate of drug-likeness (QED) is 0.409. The van der Waals surface area contributed by atoms with E-state index in [0.717, 1.165) is 7.11 Å². The Balaban J connectivity index is 4.48. The van der Waals surface area contributed by atoms with E-state index in [-0.39, 0.29) is 12.4 Å². The molecule has 1 atom stereocenters. The molecule has 0 aliphatic heterocycles. The summed E-state index contributed by atoms with van der Waals surface area (Å²) >= 11 is 0. The first-order valence-corrected chi connectivity index (χ1v) is 6.85. The monoisotopic (exact) mass is 283 g/mol. The zero-order valence-electron chi connectivity index (χ0n) is 10.2. The number of hydrogen-bond donors (Lipinski definition) is 2. The van der Waals surface area contributed by atoms with Crippen molar-refractivity contribution >= 4 is 22.0 Å². The summed E-state index contributed by atoms with van der Waals surface area (Å²) in [5, 5.41) is 8.79. The van der Waals surface area contributed by atoms with Crippen molar-refractivity contribution < 1.29 is 32.6 Å². The van der Waals surface area contributed by atoms with Gasteiger partial charge in [0.05, 0.1) is 25.9 Å². The van der Waals surface area contributed by atoms with Crippen molar-refractivity contribution in [1.82, 2.24) is 4.72 Å². The van der Waals surface area contributed by atoms with Gasteiger partial charge in [-0.25, -0.2) is 13.1 Å². The van der Waals surface area contributed by atoms with Gasteiger partial charge in [-0.05, 0) is 6.92 Å². The van der Waals surface area contributed by atoms with Gasteiger partial charge >= 0.3 is 11.9 Å². The standard InChI is InChI=1S/C9H17NO7S/c1-3-17-4-5-18(14,15)10-7(9(12)13)6-8(11)16-2/h7,10H,3-6H2,1-2H3,(H,12,13)/t7-/m0/s1. The Morgan fingerprint density at radius 3 is 2.44 bits per heavy atom. The molecule has 8 nitrogen and oxygen atoms in total. The first-order chi connectivity index (χ1) is 8.32. The smallest absolute Gasteiger partial charge is 0.322 e. The van der Waals surface area contributed by atoms with Gasteiger partial charge in [-0.1, -0.05) is 0 Å². The van der Waals surface area contributed by atoms with Crippen LogP contribution in [-0.2, 0) is 29.1 Å². The van der Waals surface area contributed by atoms with Gasteiger partial charge < -0.3 is 14.6 Å². The number of carboxylic acid groups (broad SMARTS) is 1. The van der Waals surface area contributed by atoms with E-state index in [1.165, 1.54) is 0 Å². The van der Waals surface area contributed by atoms with Crippen molar-refractivity contribution in [3.05, 3.63) is 0 Å². The number of hydrogen-bond acceptors (Lipinski definition) is 6. The summed E-state index contributed by atoms with van der Waals surface area (Å²) < 4.78 is 34.0. The summed E-state index contributed by atoms with van der Waals surface area (Å²) in [6, 6.07) is -1.54. The SMILES string of the molecule is CCOCCS(=O)(=O)N[C@@H](CC(=O)OC)C(=O)O. The van der Waals surface area contributed by atoms with Crippen LogP contribution in [0.15, 0.2) is 0 Å². The van der Waals surface area contributed by atoms with Crippen molar-refractivity contribution in [1.29, 1.82) is 0 Å². The second-order valence-corrected chi connectivity index (χ2v) is 5.18. The maximum atomic E-state index is 11.5. The summed E-state index contributed by atoms with van der Waals surface area (Å²) in [6.45, 7) is 2.02. The molecule has 0 spiro atoms. The van der Waals surface area contributed by atoms with E-state index < -0.39 is 34.4 Å². The van der Waals surface area contributed by atoms with E-state index in [2.05, 4.69) is 4.74 Å². The average Bonchev–Trinajstić information content (AvgIpc) is 2.27.